The van der Waals surface area contributed by atoms with E-state index in [1.54, 1.807) is 0 Å². The maximum atomic E-state index is 12.6. The Balaban J connectivity index is 1.41. The SMILES string of the molecule is O=C1OC(c2ccc3c(c2)OCO3)Cc2ccc(N3CCNCC3)cc21. The van der Waals surface area contributed by atoms with E-state index in [1.165, 1.54) is 0 Å². The predicted octanol–water partition coefficient (Wildman–Crippen LogP) is 2.28. The number of piperazine rings is 1. The van der Waals surface area contributed by atoms with Gasteiger partial charge in [-0.2, -0.15) is 0 Å². The van der Waals surface area contributed by atoms with Gasteiger partial charge in [-0.3, -0.25) is 0 Å². The largest absolute Gasteiger partial charge is 0.454 e. The molecule has 0 radical (unpaired) electrons. The molecule has 6 heteroatoms. The minimum Gasteiger partial charge on any atom is -0.454 e. The van der Waals surface area contributed by atoms with E-state index in [0.29, 0.717) is 17.7 Å². The summed E-state index contributed by atoms with van der Waals surface area (Å²) in [5, 5.41) is 3.34. The van der Waals surface area contributed by atoms with Crippen LogP contribution in [0.4, 0.5) is 5.69 Å². The van der Waals surface area contributed by atoms with Crippen molar-refractivity contribution in [3.05, 3.63) is 53.1 Å². The van der Waals surface area contributed by atoms with E-state index >= 15 is 0 Å². The fourth-order valence-electron chi connectivity index (χ4n) is 3.79. The summed E-state index contributed by atoms with van der Waals surface area (Å²) in [4.78, 5) is 14.9. The van der Waals surface area contributed by atoms with Crippen LogP contribution in [0.1, 0.15) is 27.6 Å². The molecule has 0 bridgehead atoms. The van der Waals surface area contributed by atoms with Crippen molar-refractivity contribution in [1.29, 1.82) is 0 Å². The molecule has 3 heterocycles. The highest BCUT2D eigenvalue weighted by Gasteiger charge is 2.29. The maximum Gasteiger partial charge on any atom is 0.339 e. The van der Waals surface area contributed by atoms with Gasteiger partial charge in [-0.15, -0.1) is 0 Å². The van der Waals surface area contributed by atoms with Gasteiger partial charge in [0.25, 0.3) is 0 Å². The molecule has 0 spiro atoms. The zero-order valence-corrected chi connectivity index (χ0v) is 14.4. The molecule has 1 atom stereocenters. The number of ether oxygens (including phenoxy) is 3. The quantitative estimate of drug-likeness (QED) is 0.837. The van der Waals surface area contributed by atoms with E-state index in [9.17, 15) is 4.79 Å². The number of esters is 1. The number of nitrogens with one attached hydrogen (secondary N) is 1. The Morgan fingerprint density at radius 2 is 1.85 bits per heavy atom. The monoisotopic (exact) mass is 352 g/mol. The summed E-state index contributed by atoms with van der Waals surface area (Å²) in [6.07, 6.45) is 0.372. The van der Waals surface area contributed by atoms with Crippen LogP contribution in [0.2, 0.25) is 0 Å². The minimum absolute atomic E-state index is 0.237. The first-order chi connectivity index (χ1) is 12.8. The number of rotatable bonds is 2. The van der Waals surface area contributed by atoms with E-state index in [4.69, 9.17) is 14.2 Å². The fourth-order valence-corrected chi connectivity index (χ4v) is 3.79. The number of anilines is 1. The molecule has 1 saturated heterocycles. The number of carbonyl (C=O) groups excluding carboxylic acids is 1. The first kappa shape index (κ1) is 15.5. The van der Waals surface area contributed by atoms with E-state index in [1.807, 2.05) is 24.3 Å². The smallest absolute Gasteiger partial charge is 0.339 e. The van der Waals surface area contributed by atoms with Crippen LogP contribution in [-0.4, -0.2) is 38.9 Å². The van der Waals surface area contributed by atoms with Gasteiger partial charge in [-0.25, -0.2) is 4.79 Å². The second kappa shape index (κ2) is 6.21. The Bertz CT molecular complexity index is 861. The van der Waals surface area contributed by atoms with Crippen LogP contribution in [0.25, 0.3) is 0 Å². The van der Waals surface area contributed by atoms with Crippen molar-refractivity contribution in [2.75, 3.05) is 37.9 Å². The highest BCUT2D eigenvalue weighted by molar-refractivity contribution is 5.93. The molecule has 3 aliphatic rings. The maximum absolute atomic E-state index is 12.6. The third kappa shape index (κ3) is 2.66. The van der Waals surface area contributed by atoms with Crippen LogP contribution in [-0.2, 0) is 11.2 Å². The van der Waals surface area contributed by atoms with Gasteiger partial charge in [0.1, 0.15) is 6.10 Å². The average molecular weight is 352 g/mol. The topological polar surface area (TPSA) is 60.0 Å². The number of hydrogen-bond acceptors (Lipinski definition) is 6. The molecule has 3 aliphatic heterocycles. The summed E-state index contributed by atoms with van der Waals surface area (Å²) in [5.41, 5.74) is 3.73. The summed E-state index contributed by atoms with van der Waals surface area (Å²) >= 11 is 0. The first-order valence-electron chi connectivity index (χ1n) is 8.97. The molecule has 1 N–H and O–H groups in total. The van der Waals surface area contributed by atoms with Crippen molar-refractivity contribution in [2.45, 2.75) is 12.5 Å². The first-order valence-corrected chi connectivity index (χ1v) is 8.97. The summed E-state index contributed by atoms with van der Waals surface area (Å²) in [7, 11) is 0. The molecule has 26 heavy (non-hydrogen) atoms. The van der Waals surface area contributed by atoms with Crippen LogP contribution < -0.4 is 19.7 Å². The van der Waals surface area contributed by atoms with Gasteiger partial charge in [0.05, 0.1) is 5.56 Å². The van der Waals surface area contributed by atoms with E-state index < -0.39 is 0 Å². The minimum atomic E-state index is -0.297. The Hall–Kier alpha value is -2.73. The van der Waals surface area contributed by atoms with Crippen molar-refractivity contribution in [2.24, 2.45) is 0 Å². The number of nitrogens with zero attached hydrogens (tertiary/aromatic N) is 1. The van der Waals surface area contributed by atoms with E-state index in [0.717, 1.165) is 48.7 Å². The molecule has 0 aromatic heterocycles. The second-order valence-electron chi connectivity index (χ2n) is 6.79. The normalized spacial score (nSPS) is 21.3. The standard InChI is InChI=1S/C20H20N2O4/c23-20-16-11-15(22-7-5-21-6-8-22)3-1-13(16)9-18(26-20)14-2-4-17-19(10-14)25-12-24-17/h1-4,10-11,18,21H,5-9,12H2. The molecular weight excluding hydrogens is 332 g/mol. The van der Waals surface area contributed by atoms with Gasteiger partial charge in [0, 0.05) is 38.3 Å². The summed E-state index contributed by atoms with van der Waals surface area (Å²) in [5.74, 6) is 1.18. The van der Waals surface area contributed by atoms with Crippen molar-refractivity contribution < 1.29 is 19.0 Å². The molecule has 6 nitrogen and oxygen atoms in total. The van der Waals surface area contributed by atoms with Crippen molar-refractivity contribution in [3.63, 3.8) is 0 Å². The lowest BCUT2D eigenvalue weighted by Crippen LogP contribution is -2.43. The summed E-state index contributed by atoms with van der Waals surface area (Å²) in [6.45, 7) is 4.07. The highest BCUT2D eigenvalue weighted by Crippen LogP contribution is 2.38. The van der Waals surface area contributed by atoms with E-state index in [2.05, 4.69) is 22.3 Å². The molecule has 2 aromatic carbocycles. The lowest BCUT2D eigenvalue weighted by Gasteiger charge is -2.31. The molecule has 1 fully saturated rings. The Labute approximate surface area is 151 Å². The number of carbonyl (C=O) groups is 1. The van der Waals surface area contributed by atoms with Crippen molar-refractivity contribution in [1.82, 2.24) is 5.32 Å². The third-order valence-electron chi connectivity index (χ3n) is 5.22. The fraction of sp³-hybridized carbons (Fsp3) is 0.350. The Morgan fingerprint density at radius 1 is 1.00 bits per heavy atom. The number of benzene rings is 2. The van der Waals surface area contributed by atoms with Crippen LogP contribution in [0, 0.1) is 0 Å². The molecule has 0 aliphatic carbocycles. The zero-order valence-electron chi connectivity index (χ0n) is 14.4. The second-order valence-corrected chi connectivity index (χ2v) is 6.79. The molecule has 2 aromatic rings. The van der Waals surface area contributed by atoms with Crippen LogP contribution >= 0.6 is 0 Å². The Kier molecular flexibility index (Phi) is 3.71. The van der Waals surface area contributed by atoms with Crippen LogP contribution in [0.15, 0.2) is 36.4 Å². The van der Waals surface area contributed by atoms with Gasteiger partial charge in [0.2, 0.25) is 6.79 Å². The number of fused-ring (bicyclic) bond motifs is 2. The van der Waals surface area contributed by atoms with Crippen LogP contribution in [0.5, 0.6) is 11.5 Å². The predicted molar refractivity (Wildman–Crippen MR) is 96.0 cm³/mol. The van der Waals surface area contributed by atoms with Crippen molar-refractivity contribution >= 4 is 11.7 Å². The average Bonchev–Trinajstić information content (AvgIpc) is 3.16. The van der Waals surface area contributed by atoms with Crippen molar-refractivity contribution in [3.8, 4) is 11.5 Å². The zero-order chi connectivity index (χ0) is 17.5. The van der Waals surface area contributed by atoms with Gasteiger partial charge in [-0.05, 0) is 35.4 Å². The number of hydrogen-bond donors (Lipinski definition) is 1. The third-order valence-corrected chi connectivity index (χ3v) is 5.22. The molecule has 0 saturated carbocycles. The van der Waals surface area contributed by atoms with Crippen LogP contribution in [0.3, 0.4) is 0 Å². The Morgan fingerprint density at radius 3 is 2.73 bits per heavy atom. The lowest BCUT2D eigenvalue weighted by atomic mass is 9.94. The molecule has 0 amide bonds. The molecule has 5 rings (SSSR count). The van der Waals surface area contributed by atoms with Gasteiger partial charge in [0.15, 0.2) is 11.5 Å². The highest BCUT2D eigenvalue weighted by atomic mass is 16.7. The van der Waals surface area contributed by atoms with Gasteiger partial charge >= 0.3 is 5.97 Å². The molecule has 1 unspecified atom stereocenters. The lowest BCUT2D eigenvalue weighted by molar-refractivity contribution is 0.0252. The number of cyclic esters (lactones) is 1. The van der Waals surface area contributed by atoms with Gasteiger partial charge in [-0.1, -0.05) is 12.1 Å². The summed E-state index contributed by atoms with van der Waals surface area (Å²) < 4.78 is 16.5. The van der Waals surface area contributed by atoms with Gasteiger partial charge < -0.3 is 24.4 Å². The summed E-state index contributed by atoms with van der Waals surface area (Å²) in [6, 6.07) is 11.9. The molecular formula is C20H20N2O4. The molecule has 134 valence electrons. The van der Waals surface area contributed by atoms with E-state index in [-0.39, 0.29) is 18.9 Å².